The maximum absolute atomic E-state index is 5.34. The molecule has 0 saturated heterocycles. The zero-order valence-corrected chi connectivity index (χ0v) is 25.8. The molecule has 224 valence electrons. The minimum Gasteiger partial charge on any atom is -0.309 e. The number of benzene rings is 5. The van der Waals surface area contributed by atoms with Crippen molar-refractivity contribution in [2.75, 3.05) is 0 Å². The van der Waals surface area contributed by atoms with Crippen molar-refractivity contribution in [3.63, 3.8) is 0 Å². The van der Waals surface area contributed by atoms with Gasteiger partial charge in [-0.25, -0.2) is 4.98 Å². The van der Waals surface area contributed by atoms with Gasteiger partial charge in [0.25, 0.3) is 0 Å². The van der Waals surface area contributed by atoms with Gasteiger partial charge in [0.2, 0.25) is 0 Å². The van der Waals surface area contributed by atoms with Crippen LogP contribution in [0.5, 0.6) is 0 Å². The quantitative estimate of drug-likeness (QED) is 0.198. The Morgan fingerprint density at radius 3 is 1.60 bits per heavy atom. The van der Waals surface area contributed by atoms with Gasteiger partial charge in [0, 0.05) is 62.3 Å². The van der Waals surface area contributed by atoms with Gasteiger partial charge in [-0.05, 0) is 72.3 Å². The van der Waals surface area contributed by atoms with E-state index >= 15 is 0 Å². The summed E-state index contributed by atoms with van der Waals surface area (Å²) in [6, 6.07) is 51.4. The molecule has 0 aliphatic carbocycles. The van der Waals surface area contributed by atoms with Crippen LogP contribution >= 0.6 is 0 Å². The van der Waals surface area contributed by atoms with Crippen LogP contribution in [-0.2, 0) is 0 Å². The van der Waals surface area contributed by atoms with Crippen molar-refractivity contribution in [3.05, 3.63) is 164 Å². The monoisotopic (exact) mass is 613 g/mol. The third-order valence-electron chi connectivity index (χ3n) is 9.46. The number of hydrogen-bond donors (Lipinski definition) is 0. The first kappa shape index (κ1) is 26.6. The molecule has 0 aliphatic heterocycles. The van der Waals surface area contributed by atoms with Gasteiger partial charge in [-0.3, -0.25) is 14.5 Å². The van der Waals surface area contributed by atoms with Gasteiger partial charge in [0.1, 0.15) is 5.82 Å². The first-order valence-electron chi connectivity index (χ1n) is 16.1. The van der Waals surface area contributed by atoms with E-state index in [9.17, 15) is 0 Å². The molecule has 0 aliphatic rings. The highest BCUT2D eigenvalue weighted by molar-refractivity contribution is 6.11. The fourth-order valence-electron chi connectivity index (χ4n) is 7.30. The van der Waals surface area contributed by atoms with Gasteiger partial charge >= 0.3 is 0 Å². The number of hydrogen-bond acceptors (Lipinski definition) is 3. The molecular formula is C43H27N5. The third kappa shape index (κ3) is 4.01. The molecule has 0 saturated carbocycles. The first-order chi connectivity index (χ1) is 23.8. The summed E-state index contributed by atoms with van der Waals surface area (Å²) in [5, 5.41) is 5.96. The molecular weight excluding hydrogens is 587 g/mol. The zero-order valence-electron chi connectivity index (χ0n) is 25.8. The molecule has 0 bridgehead atoms. The van der Waals surface area contributed by atoms with Crippen molar-refractivity contribution in [1.82, 2.24) is 24.1 Å². The average molecular weight is 614 g/mol. The maximum Gasteiger partial charge on any atom is 0.138 e. The van der Waals surface area contributed by atoms with Crippen LogP contribution in [0.15, 0.2) is 164 Å². The number of para-hydroxylation sites is 4. The maximum atomic E-state index is 5.34. The average Bonchev–Trinajstić information content (AvgIpc) is 3.68. The largest absolute Gasteiger partial charge is 0.309 e. The van der Waals surface area contributed by atoms with Crippen LogP contribution in [0.2, 0.25) is 0 Å². The Balaban J connectivity index is 1.25. The topological polar surface area (TPSA) is 48.5 Å². The number of rotatable bonds is 4. The van der Waals surface area contributed by atoms with E-state index in [4.69, 9.17) is 9.97 Å². The van der Waals surface area contributed by atoms with Crippen LogP contribution in [-0.4, -0.2) is 24.1 Å². The summed E-state index contributed by atoms with van der Waals surface area (Å²) in [7, 11) is 0. The van der Waals surface area contributed by atoms with E-state index in [1.54, 1.807) is 6.20 Å². The molecule has 0 fully saturated rings. The number of fused-ring (bicyclic) bond motifs is 7. The van der Waals surface area contributed by atoms with E-state index in [0.29, 0.717) is 0 Å². The normalized spacial score (nSPS) is 11.8. The summed E-state index contributed by atoms with van der Waals surface area (Å²) in [5.74, 6) is 0.871. The lowest BCUT2D eigenvalue weighted by atomic mass is 10.0. The van der Waals surface area contributed by atoms with Crippen LogP contribution in [0.1, 0.15) is 0 Å². The predicted octanol–water partition coefficient (Wildman–Crippen LogP) is 10.6. The van der Waals surface area contributed by atoms with Gasteiger partial charge < -0.3 is 4.57 Å². The SMILES string of the molecule is c1cncc(-c2ccc(-c3cc(-n4c5ccccc5c5ccccc54)nc4ccc(-n5c6ccccc6c6ccccc65)cc34)cn2)c1. The van der Waals surface area contributed by atoms with Gasteiger partial charge in [-0.2, -0.15) is 0 Å². The molecule has 0 spiro atoms. The van der Waals surface area contributed by atoms with Crippen molar-refractivity contribution in [1.29, 1.82) is 0 Å². The second-order valence-electron chi connectivity index (χ2n) is 12.1. The van der Waals surface area contributed by atoms with E-state index in [-0.39, 0.29) is 0 Å². The fourth-order valence-corrected chi connectivity index (χ4v) is 7.30. The van der Waals surface area contributed by atoms with E-state index in [1.165, 1.54) is 32.6 Å². The molecule has 5 heteroatoms. The van der Waals surface area contributed by atoms with Gasteiger partial charge in [0.15, 0.2) is 0 Å². The Morgan fingerprint density at radius 1 is 0.438 bits per heavy atom. The molecule has 5 aromatic heterocycles. The second kappa shape index (κ2) is 10.5. The van der Waals surface area contributed by atoms with Crippen molar-refractivity contribution < 1.29 is 0 Å². The molecule has 5 aromatic carbocycles. The lowest BCUT2D eigenvalue weighted by Crippen LogP contribution is -2.00. The van der Waals surface area contributed by atoms with E-state index in [2.05, 4.69) is 148 Å². The smallest absolute Gasteiger partial charge is 0.138 e. The lowest BCUT2D eigenvalue weighted by molar-refractivity contribution is 1.10. The van der Waals surface area contributed by atoms with Crippen LogP contribution < -0.4 is 0 Å². The summed E-state index contributed by atoms with van der Waals surface area (Å²) in [4.78, 5) is 14.5. The predicted molar refractivity (Wildman–Crippen MR) is 197 cm³/mol. The van der Waals surface area contributed by atoms with Crippen molar-refractivity contribution >= 4 is 54.5 Å². The molecule has 0 amide bonds. The molecule has 5 nitrogen and oxygen atoms in total. The zero-order chi connectivity index (χ0) is 31.6. The molecule has 5 heterocycles. The summed E-state index contributed by atoms with van der Waals surface area (Å²) in [6.07, 6.45) is 5.61. The van der Waals surface area contributed by atoms with Crippen molar-refractivity contribution in [2.45, 2.75) is 0 Å². The Kier molecular flexibility index (Phi) is 5.81. The van der Waals surface area contributed by atoms with Crippen molar-refractivity contribution in [2.24, 2.45) is 0 Å². The van der Waals surface area contributed by atoms with Crippen LogP contribution in [0.25, 0.3) is 88.4 Å². The van der Waals surface area contributed by atoms with Gasteiger partial charge in [0.05, 0.1) is 33.3 Å². The van der Waals surface area contributed by atoms with E-state index < -0.39 is 0 Å². The molecule has 0 atom stereocenters. The third-order valence-corrected chi connectivity index (χ3v) is 9.46. The molecule has 0 N–H and O–H groups in total. The standard InChI is InChI=1S/C43H27N5/c1-5-15-39-31(11-1)32-12-2-6-16-40(32)47(39)30-20-22-38-36(24-30)35(28-19-21-37(45-27-28)29-10-9-23-44-26-29)25-43(46-38)48-41-17-7-3-13-33(41)34-14-4-8-18-42(34)48/h1-27H. The number of pyridine rings is 3. The minimum absolute atomic E-state index is 0.871. The lowest BCUT2D eigenvalue weighted by Gasteiger charge is -2.15. The van der Waals surface area contributed by atoms with Crippen LogP contribution in [0.4, 0.5) is 0 Å². The minimum atomic E-state index is 0.871. The van der Waals surface area contributed by atoms with Crippen LogP contribution in [0, 0.1) is 0 Å². The van der Waals surface area contributed by atoms with Crippen LogP contribution in [0.3, 0.4) is 0 Å². The van der Waals surface area contributed by atoms with Gasteiger partial charge in [-0.15, -0.1) is 0 Å². The van der Waals surface area contributed by atoms with E-state index in [0.717, 1.165) is 55.8 Å². The number of aromatic nitrogens is 5. The summed E-state index contributed by atoms with van der Waals surface area (Å²) in [6.45, 7) is 0. The summed E-state index contributed by atoms with van der Waals surface area (Å²) < 4.78 is 4.64. The Hall–Kier alpha value is -6.59. The second-order valence-corrected chi connectivity index (χ2v) is 12.1. The van der Waals surface area contributed by atoms with E-state index in [1.807, 2.05) is 24.5 Å². The molecule has 10 aromatic rings. The Morgan fingerprint density at radius 2 is 1.04 bits per heavy atom. The fraction of sp³-hybridized carbons (Fsp3) is 0. The Bertz CT molecular complexity index is 2720. The molecule has 0 radical (unpaired) electrons. The Labute approximate surface area is 276 Å². The number of nitrogens with zero attached hydrogens (tertiary/aromatic N) is 5. The molecule has 48 heavy (non-hydrogen) atoms. The van der Waals surface area contributed by atoms with Gasteiger partial charge in [-0.1, -0.05) is 78.9 Å². The highest BCUT2D eigenvalue weighted by Crippen LogP contribution is 2.38. The summed E-state index contributed by atoms with van der Waals surface area (Å²) in [5.41, 5.74) is 10.6. The summed E-state index contributed by atoms with van der Waals surface area (Å²) >= 11 is 0. The highest BCUT2D eigenvalue weighted by atomic mass is 15.1. The molecule has 10 rings (SSSR count). The first-order valence-corrected chi connectivity index (χ1v) is 16.1. The molecule has 0 unspecified atom stereocenters. The van der Waals surface area contributed by atoms with Crippen molar-refractivity contribution in [3.8, 4) is 33.9 Å². The highest BCUT2D eigenvalue weighted by Gasteiger charge is 2.18.